The highest BCUT2D eigenvalue weighted by molar-refractivity contribution is 5.68. The van der Waals surface area contributed by atoms with E-state index in [0.717, 1.165) is 32.4 Å². The van der Waals surface area contributed by atoms with Crippen molar-refractivity contribution in [3.8, 4) is 0 Å². The van der Waals surface area contributed by atoms with E-state index in [4.69, 9.17) is 4.74 Å². The van der Waals surface area contributed by atoms with E-state index < -0.39 is 5.60 Å². The van der Waals surface area contributed by atoms with Gasteiger partial charge in [0.15, 0.2) is 0 Å². The van der Waals surface area contributed by atoms with Crippen LogP contribution in [-0.4, -0.2) is 41.8 Å². The number of hydrogen-bond acceptors (Lipinski definition) is 3. The summed E-state index contributed by atoms with van der Waals surface area (Å²) in [6.07, 6.45) is 5.47. The van der Waals surface area contributed by atoms with Gasteiger partial charge in [0.25, 0.3) is 0 Å². The SMILES string of the molecule is CCNC(C)CC1CCCCCN1C(=O)OC(C)(C)C. The predicted octanol–water partition coefficient (Wildman–Crippen LogP) is 3.55. The maximum absolute atomic E-state index is 12.4. The molecule has 2 atom stereocenters. The number of carbonyl (C=O) groups is 1. The molecule has 0 radical (unpaired) electrons. The first kappa shape index (κ1) is 17.3. The van der Waals surface area contributed by atoms with E-state index in [2.05, 4.69) is 19.2 Å². The molecule has 0 aromatic rings. The molecule has 20 heavy (non-hydrogen) atoms. The zero-order chi connectivity index (χ0) is 15.2. The van der Waals surface area contributed by atoms with Gasteiger partial charge in [0.1, 0.15) is 5.60 Å². The lowest BCUT2D eigenvalue weighted by Crippen LogP contribution is -2.45. The molecular formula is C16H32N2O2. The topological polar surface area (TPSA) is 41.6 Å². The summed E-state index contributed by atoms with van der Waals surface area (Å²) in [6.45, 7) is 11.9. The normalized spacial score (nSPS) is 22.2. The van der Waals surface area contributed by atoms with E-state index in [9.17, 15) is 4.79 Å². The molecule has 1 fully saturated rings. The number of hydrogen-bond donors (Lipinski definition) is 1. The second-order valence-corrected chi connectivity index (χ2v) is 6.87. The minimum absolute atomic E-state index is 0.145. The Morgan fingerprint density at radius 2 is 2.05 bits per heavy atom. The zero-order valence-corrected chi connectivity index (χ0v) is 13.9. The van der Waals surface area contributed by atoms with Gasteiger partial charge in [-0.25, -0.2) is 4.79 Å². The molecule has 0 aromatic carbocycles. The third kappa shape index (κ3) is 6.12. The Hall–Kier alpha value is -0.770. The van der Waals surface area contributed by atoms with Crippen molar-refractivity contribution in [2.24, 2.45) is 0 Å². The lowest BCUT2D eigenvalue weighted by molar-refractivity contribution is 0.0150. The van der Waals surface area contributed by atoms with Crippen LogP contribution in [0.4, 0.5) is 4.79 Å². The molecule has 0 spiro atoms. The first-order chi connectivity index (χ1) is 9.33. The van der Waals surface area contributed by atoms with Crippen LogP contribution in [0.15, 0.2) is 0 Å². The molecule has 4 heteroatoms. The van der Waals surface area contributed by atoms with Crippen LogP contribution in [0.25, 0.3) is 0 Å². The number of carbonyl (C=O) groups excluding carboxylic acids is 1. The minimum atomic E-state index is -0.415. The molecule has 1 aliphatic heterocycles. The standard InChI is InChI=1S/C16H32N2O2/c1-6-17-13(2)12-14-10-8-7-9-11-18(14)15(19)20-16(3,4)5/h13-14,17H,6-12H2,1-5H3. The van der Waals surface area contributed by atoms with Crippen molar-refractivity contribution >= 4 is 6.09 Å². The number of amides is 1. The summed E-state index contributed by atoms with van der Waals surface area (Å²) >= 11 is 0. The van der Waals surface area contributed by atoms with Gasteiger partial charge in [-0.15, -0.1) is 0 Å². The molecule has 0 saturated carbocycles. The second-order valence-electron chi connectivity index (χ2n) is 6.87. The molecule has 4 nitrogen and oxygen atoms in total. The van der Waals surface area contributed by atoms with Crippen LogP contribution >= 0.6 is 0 Å². The molecule has 2 unspecified atom stereocenters. The minimum Gasteiger partial charge on any atom is -0.444 e. The molecular weight excluding hydrogens is 252 g/mol. The van der Waals surface area contributed by atoms with Crippen molar-refractivity contribution in [2.75, 3.05) is 13.1 Å². The fourth-order valence-electron chi connectivity index (χ4n) is 2.82. The number of nitrogens with one attached hydrogen (secondary N) is 1. The average Bonchev–Trinajstić information content (AvgIpc) is 2.52. The Kier molecular flexibility index (Phi) is 6.80. The van der Waals surface area contributed by atoms with Gasteiger partial charge in [-0.3, -0.25) is 0 Å². The Morgan fingerprint density at radius 3 is 2.65 bits per heavy atom. The Bertz CT molecular complexity index is 299. The van der Waals surface area contributed by atoms with Crippen molar-refractivity contribution in [1.29, 1.82) is 0 Å². The van der Waals surface area contributed by atoms with E-state index in [-0.39, 0.29) is 6.09 Å². The van der Waals surface area contributed by atoms with Gasteiger partial charge >= 0.3 is 6.09 Å². The molecule has 0 aliphatic carbocycles. The van der Waals surface area contributed by atoms with E-state index in [0.29, 0.717) is 12.1 Å². The molecule has 1 heterocycles. The first-order valence-electron chi connectivity index (χ1n) is 8.06. The van der Waals surface area contributed by atoms with Crippen molar-refractivity contribution in [1.82, 2.24) is 10.2 Å². The van der Waals surface area contributed by atoms with Crippen LogP contribution < -0.4 is 5.32 Å². The number of ether oxygens (including phenoxy) is 1. The van der Waals surface area contributed by atoms with Crippen LogP contribution in [0.1, 0.15) is 66.7 Å². The summed E-state index contributed by atoms with van der Waals surface area (Å²) in [6, 6.07) is 0.745. The van der Waals surface area contributed by atoms with Crippen molar-refractivity contribution < 1.29 is 9.53 Å². The van der Waals surface area contributed by atoms with Gasteiger partial charge in [0, 0.05) is 18.6 Å². The highest BCUT2D eigenvalue weighted by Gasteiger charge is 2.30. The monoisotopic (exact) mass is 284 g/mol. The van der Waals surface area contributed by atoms with Gasteiger partial charge in [0.05, 0.1) is 0 Å². The summed E-state index contributed by atoms with van der Waals surface area (Å²) in [5.74, 6) is 0. The van der Waals surface area contributed by atoms with Gasteiger partial charge in [-0.05, 0) is 53.5 Å². The Labute approximate surface area is 124 Å². The highest BCUT2D eigenvalue weighted by atomic mass is 16.6. The molecule has 1 aliphatic rings. The summed E-state index contributed by atoms with van der Waals surface area (Å²) in [4.78, 5) is 14.4. The Morgan fingerprint density at radius 1 is 1.35 bits per heavy atom. The largest absolute Gasteiger partial charge is 0.444 e. The lowest BCUT2D eigenvalue weighted by atomic mass is 10.0. The Balaban J connectivity index is 2.68. The van der Waals surface area contributed by atoms with Crippen molar-refractivity contribution in [3.63, 3.8) is 0 Å². The average molecular weight is 284 g/mol. The van der Waals surface area contributed by atoms with Crippen LogP contribution in [0, 0.1) is 0 Å². The molecule has 0 bridgehead atoms. The zero-order valence-electron chi connectivity index (χ0n) is 13.9. The smallest absolute Gasteiger partial charge is 0.410 e. The van der Waals surface area contributed by atoms with Gasteiger partial charge in [-0.2, -0.15) is 0 Å². The maximum Gasteiger partial charge on any atom is 0.410 e. The molecule has 1 amide bonds. The van der Waals surface area contributed by atoms with Crippen LogP contribution in [0.3, 0.4) is 0 Å². The number of likely N-dealkylation sites (tertiary alicyclic amines) is 1. The van der Waals surface area contributed by atoms with E-state index in [1.807, 2.05) is 25.7 Å². The number of nitrogens with zero attached hydrogens (tertiary/aromatic N) is 1. The first-order valence-corrected chi connectivity index (χ1v) is 8.06. The van der Waals surface area contributed by atoms with Gasteiger partial charge in [-0.1, -0.05) is 19.8 Å². The quantitative estimate of drug-likeness (QED) is 0.858. The van der Waals surface area contributed by atoms with Crippen LogP contribution in [0.2, 0.25) is 0 Å². The van der Waals surface area contributed by atoms with Gasteiger partial charge < -0.3 is 15.0 Å². The van der Waals surface area contributed by atoms with Crippen LogP contribution in [-0.2, 0) is 4.74 Å². The molecule has 1 rings (SSSR count). The number of rotatable bonds is 4. The maximum atomic E-state index is 12.4. The molecule has 0 aromatic heterocycles. The van der Waals surface area contributed by atoms with E-state index in [1.54, 1.807) is 0 Å². The summed E-state index contributed by atoms with van der Waals surface area (Å²) in [5.41, 5.74) is -0.415. The summed E-state index contributed by atoms with van der Waals surface area (Å²) < 4.78 is 5.57. The predicted molar refractivity (Wildman–Crippen MR) is 83.0 cm³/mol. The highest BCUT2D eigenvalue weighted by Crippen LogP contribution is 2.23. The van der Waals surface area contributed by atoms with Crippen LogP contribution in [0.5, 0.6) is 0 Å². The second kappa shape index (κ2) is 7.87. The fraction of sp³-hybridized carbons (Fsp3) is 0.938. The lowest BCUT2D eigenvalue weighted by Gasteiger charge is -2.33. The molecule has 1 saturated heterocycles. The van der Waals surface area contributed by atoms with E-state index >= 15 is 0 Å². The summed E-state index contributed by atoms with van der Waals surface area (Å²) in [7, 11) is 0. The van der Waals surface area contributed by atoms with E-state index in [1.165, 1.54) is 12.8 Å². The van der Waals surface area contributed by atoms with Crippen molar-refractivity contribution in [3.05, 3.63) is 0 Å². The van der Waals surface area contributed by atoms with Gasteiger partial charge in [0.2, 0.25) is 0 Å². The fourth-order valence-corrected chi connectivity index (χ4v) is 2.82. The van der Waals surface area contributed by atoms with Crippen molar-refractivity contribution in [2.45, 2.75) is 84.4 Å². The third-order valence-electron chi connectivity index (χ3n) is 3.68. The summed E-state index contributed by atoms with van der Waals surface area (Å²) in [5, 5.41) is 3.44. The molecule has 118 valence electrons. The third-order valence-corrected chi connectivity index (χ3v) is 3.68. The molecule has 1 N–H and O–H groups in total.